The van der Waals surface area contributed by atoms with Gasteiger partial charge in [-0.15, -0.1) is 0 Å². The predicted molar refractivity (Wildman–Crippen MR) is 83.5 cm³/mol. The maximum Gasteiger partial charge on any atom is 0.124 e. The summed E-state index contributed by atoms with van der Waals surface area (Å²) in [7, 11) is 0. The summed E-state index contributed by atoms with van der Waals surface area (Å²) in [6.45, 7) is 1.66. The molecule has 1 spiro atoms. The molecule has 0 amide bonds. The molecule has 0 bridgehead atoms. The summed E-state index contributed by atoms with van der Waals surface area (Å²) in [5.74, 6) is 0.493. The predicted octanol–water partition coefficient (Wildman–Crippen LogP) is 4.03. The fourth-order valence-corrected chi connectivity index (χ4v) is 5.46. The molecule has 1 aromatic rings. The highest BCUT2D eigenvalue weighted by atomic mass is 79.9. The van der Waals surface area contributed by atoms with Gasteiger partial charge in [0.25, 0.3) is 0 Å². The van der Waals surface area contributed by atoms with Crippen molar-refractivity contribution in [2.45, 2.75) is 50.8 Å². The molecule has 0 radical (unpaired) electrons. The van der Waals surface area contributed by atoms with Crippen LogP contribution >= 0.6 is 15.9 Å². The molecule has 2 nitrogen and oxygen atoms in total. The lowest BCUT2D eigenvalue weighted by Gasteiger charge is -2.57. The maximum absolute atomic E-state index is 13.5. The average Bonchev–Trinajstić information content (AvgIpc) is 3.04. The van der Waals surface area contributed by atoms with E-state index >= 15 is 0 Å². The third-order valence-corrected chi connectivity index (χ3v) is 6.19. The maximum atomic E-state index is 13.5. The first-order valence-electron chi connectivity index (χ1n) is 7.99. The summed E-state index contributed by atoms with van der Waals surface area (Å²) < 4.78 is 20.3. The van der Waals surface area contributed by atoms with Crippen LogP contribution in [-0.4, -0.2) is 18.8 Å². The lowest BCUT2D eigenvalue weighted by molar-refractivity contribution is -0.130. The molecule has 1 heterocycles. The Morgan fingerprint density at radius 2 is 2.10 bits per heavy atom. The fourth-order valence-electron chi connectivity index (χ4n) is 4.95. The van der Waals surface area contributed by atoms with Gasteiger partial charge in [0.05, 0.1) is 6.10 Å². The molecular weight excluding hydrogens is 333 g/mol. The van der Waals surface area contributed by atoms with Crippen LogP contribution in [0.2, 0.25) is 0 Å². The molecule has 4 heteroatoms. The molecule has 2 aliphatic carbocycles. The van der Waals surface area contributed by atoms with Gasteiger partial charge in [-0.1, -0.05) is 28.8 Å². The van der Waals surface area contributed by atoms with Gasteiger partial charge in [0.15, 0.2) is 0 Å². The van der Waals surface area contributed by atoms with Gasteiger partial charge >= 0.3 is 0 Å². The average molecular weight is 354 g/mol. The highest BCUT2D eigenvalue weighted by molar-refractivity contribution is 9.10. The zero-order valence-corrected chi connectivity index (χ0v) is 13.7. The first-order valence-corrected chi connectivity index (χ1v) is 8.78. The van der Waals surface area contributed by atoms with Gasteiger partial charge in [-0.05, 0) is 43.0 Å². The third kappa shape index (κ3) is 2.27. The van der Waals surface area contributed by atoms with E-state index in [1.807, 2.05) is 6.07 Å². The quantitative estimate of drug-likeness (QED) is 0.885. The molecule has 3 fully saturated rings. The Kier molecular flexibility index (Phi) is 3.59. The number of ether oxygens (including phenoxy) is 1. The van der Waals surface area contributed by atoms with Crippen LogP contribution < -0.4 is 5.32 Å². The van der Waals surface area contributed by atoms with Crippen molar-refractivity contribution in [1.29, 1.82) is 0 Å². The van der Waals surface area contributed by atoms with Crippen molar-refractivity contribution in [2.24, 2.45) is 11.3 Å². The molecule has 3 atom stereocenters. The van der Waals surface area contributed by atoms with E-state index in [1.54, 1.807) is 6.07 Å². The summed E-state index contributed by atoms with van der Waals surface area (Å²) in [5, 5.41) is 3.73. The summed E-state index contributed by atoms with van der Waals surface area (Å²) >= 11 is 3.37. The van der Waals surface area contributed by atoms with E-state index in [0.717, 1.165) is 23.2 Å². The number of hydrogen-bond donors (Lipinski definition) is 1. The smallest absolute Gasteiger partial charge is 0.124 e. The summed E-state index contributed by atoms with van der Waals surface area (Å²) in [4.78, 5) is 0. The Balaban J connectivity index is 1.48. The topological polar surface area (TPSA) is 21.3 Å². The van der Waals surface area contributed by atoms with E-state index in [-0.39, 0.29) is 5.82 Å². The van der Waals surface area contributed by atoms with Crippen molar-refractivity contribution in [1.82, 2.24) is 5.32 Å². The molecule has 1 saturated heterocycles. The molecule has 3 unspecified atom stereocenters. The van der Waals surface area contributed by atoms with Gasteiger partial charge in [0, 0.05) is 35.0 Å². The number of nitrogens with one attached hydrogen (secondary N) is 1. The van der Waals surface area contributed by atoms with E-state index in [9.17, 15) is 4.39 Å². The van der Waals surface area contributed by atoms with Crippen LogP contribution in [0.15, 0.2) is 22.7 Å². The SMILES string of the molecule is Fc1cc(Br)cc(CNC2C3CCOC3C23CCCC3)c1. The molecule has 21 heavy (non-hydrogen) atoms. The van der Waals surface area contributed by atoms with Crippen molar-refractivity contribution >= 4 is 15.9 Å². The molecule has 0 aromatic heterocycles. The lowest BCUT2D eigenvalue weighted by atomic mass is 9.54. The molecular formula is C17H21BrFNO. The van der Waals surface area contributed by atoms with Crippen molar-refractivity contribution in [3.8, 4) is 0 Å². The Labute approximate surface area is 133 Å². The largest absolute Gasteiger partial charge is 0.377 e. The molecule has 4 rings (SSSR count). The molecule has 2 saturated carbocycles. The molecule has 1 aromatic carbocycles. The second-order valence-corrected chi connectivity index (χ2v) is 7.74. The van der Waals surface area contributed by atoms with E-state index in [2.05, 4.69) is 21.2 Å². The van der Waals surface area contributed by atoms with E-state index in [1.165, 1.54) is 38.2 Å². The first-order chi connectivity index (χ1) is 10.2. The first kappa shape index (κ1) is 14.2. The van der Waals surface area contributed by atoms with Gasteiger partial charge < -0.3 is 10.1 Å². The zero-order chi connectivity index (χ0) is 14.4. The van der Waals surface area contributed by atoms with E-state index < -0.39 is 0 Å². The number of halogens is 2. The highest BCUT2D eigenvalue weighted by Crippen LogP contribution is 2.60. The van der Waals surface area contributed by atoms with Gasteiger partial charge in [0.2, 0.25) is 0 Å². The van der Waals surface area contributed by atoms with Crippen LogP contribution in [0.1, 0.15) is 37.7 Å². The Bertz CT molecular complexity index is 523. The summed E-state index contributed by atoms with van der Waals surface area (Å²) in [5.41, 5.74) is 1.38. The standard InChI is InChI=1S/C17H21BrFNO/c18-12-7-11(8-13(19)9-12)10-20-15-14-3-6-21-16(14)17(15)4-1-2-5-17/h7-9,14-16,20H,1-6,10H2. The van der Waals surface area contributed by atoms with Gasteiger partial charge in [-0.25, -0.2) is 4.39 Å². The third-order valence-electron chi connectivity index (χ3n) is 5.73. The molecule has 114 valence electrons. The number of rotatable bonds is 3. The monoisotopic (exact) mass is 353 g/mol. The van der Waals surface area contributed by atoms with Crippen LogP contribution in [0.4, 0.5) is 4.39 Å². The highest BCUT2D eigenvalue weighted by Gasteiger charge is 2.64. The van der Waals surface area contributed by atoms with Crippen LogP contribution in [0.25, 0.3) is 0 Å². The Hall–Kier alpha value is -0.450. The van der Waals surface area contributed by atoms with E-state index in [0.29, 0.717) is 23.5 Å². The minimum absolute atomic E-state index is 0.174. The van der Waals surface area contributed by atoms with Gasteiger partial charge in [-0.2, -0.15) is 0 Å². The summed E-state index contributed by atoms with van der Waals surface area (Å²) in [6.07, 6.45) is 6.90. The van der Waals surface area contributed by atoms with Crippen molar-refractivity contribution < 1.29 is 9.13 Å². The second-order valence-electron chi connectivity index (χ2n) is 6.82. The second kappa shape index (κ2) is 5.32. The van der Waals surface area contributed by atoms with Crippen LogP contribution in [0.3, 0.4) is 0 Å². The number of benzene rings is 1. The molecule has 3 aliphatic rings. The van der Waals surface area contributed by atoms with Crippen molar-refractivity contribution in [2.75, 3.05) is 6.61 Å². The molecule has 1 N–H and O–H groups in total. The number of hydrogen-bond acceptors (Lipinski definition) is 2. The van der Waals surface area contributed by atoms with Crippen LogP contribution in [0.5, 0.6) is 0 Å². The Morgan fingerprint density at radius 1 is 1.29 bits per heavy atom. The van der Waals surface area contributed by atoms with Crippen molar-refractivity contribution in [3.63, 3.8) is 0 Å². The van der Waals surface area contributed by atoms with E-state index in [4.69, 9.17) is 4.74 Å². The van der Waals surface area contributed by atoms with Gasteiger partial charge in [0.1, 0.15) is 5.82 Å². The van der Waals surface area contributed by atoms with Crippen LogP contribution in [-0.2, 0) is 11.3 Å². The van der Waals surface area contributed by atoms with Gasteiger partial charge in [-0.3, -0.25) is 0 Å². The van der Waals surface area contributed by atoms with Crippen LogP contribution in [0, 0.1) is 17.2 Å². The Morgan fingerprint density at radius 3 is 2.86 bits per heavy atom. The zero-order valence-electron chi connectivity index (χ0n) is 12.1. The lowest BCUT2D eigenvalue weighted by Crippen LogP contribution is -2.67. The number of fused-ring (bicyclic) bond motifs is 2. The fraction of sp³-hybridized carbons (Fsp3) is 0.647. The minimum atomic E-state index is -0.174. The summed E-state index contributed by atoms with van der Waals surface area (Å²) in [6, 6.07) is 5.68. The minimum Gasteiger partial charge on any atom is -0.377 e. The molecule has 1 aliphatic heterocycles. The normalized spacial score (nSPS) is 33.1. The van der Waals surface area contributed by atoms with Crippen molar-refractivity contribution in [3.05, 3.63) is 34.1 Å².